The van der Waals surface area contributed by atoms with Crippen LogP contribution in [0, 0.1) is 0 Å². The molecule has 11 heteroatoms. The molecule has 0 aliphatic carbocycles. The minimum Gasteiger partial charge on any atom is -0.406 e. The number of carbonyl (C=O) groups is 1. The third-order valence-corrected chi connectivity index (χ3v) is 7.78. The first-order chi connectivity index (χ1) is 15.9. The maximum Gasteiger partial charge on any atom is 0.573 e. The third-order valence-electron chi connectivity index (χ3n) is 5.73. The predicted molar refractivity (Wildman–Crippen MR) is 121 cm³/mol. The van der Waals surface area contributed by atoms with Crippen molar-refractivity contribution in [1.29, 1.82) is 0 Å². The van der Waals surface area contributed by atoms with Crippen molar-refractivity contribution in [3.05, 3.63) is 59.7 Å². The van der Waals surface area contributed by atoms with E-state index in [1.807, 2.05) is 0 Å². The van der Waals surface area contributed by atoms with Gasteiger partial charge in [-0.2, -0.15) is 4.31 Å². The van der Waals surface area contributed by atoms with Gasteiger partial charge in [-0.25, -0.2) is 8.42 Å². The van der Waals surface area contributed by atoms with Crippen LogP contribution in [0.2, 0.25) is 0 Å². The van der Waals surface area contributed by atoms with Crippen molar-refractivity contribution in [2.24, 2.45) is 0 Å². The molecule has 1 fully saturated rings. The van der Waals surface area contributed by atoms with Crippen LogP contribution in [-0.4, -0.2) is 74.1 Å². The molecule has 1 heterocycles. The molecular weight excluding hydrogens is 471 g/mol. The second kappa shape index (κ2) is 10.3. The Kier molecular flexibility index (Phi) is 7.89. The number of alkyl halides is 3. The fourth-order valence-electron chi connectivity index (χ4n) is 3.56. The van der Waals surface area contributed by atoms with Gasteiger partial charge in [0.05, 0.1) is 4.90 Å². The number of hydrogen-bond acceptors (Lipinski definition) is 5. The first-order valence-corrected chi connectivity index (χ1v) is 12.3. The summed E-state index contributed by atoms with van der Waals surface area (Å²) < 4.78 is 67.2. The van der Waals surface area contributed by atoms with Gasteiger partial charge in [-0.15, -0.1) is 13.2 Å². The molecule has 0 atom stereocenters. The van der Waals surface area contributed by atoms with Gasteiger partial charge in [-0.3, -0.25) is 9.69 Å². The van der Waals surface area contributed by atoms with Gasteiger partial charge in [-0.05, 0) is 55.8 Å². The average molecular weight is 500 g/mol. The van der Waals surface area contributed by atoms with E-state index in [9.17, 15) is 26.4 Å². The molecule has 3 rings (SSSR count). The summed E-state index contributed by atoms with van der Waals surface area (Å²) in [6.07, 6.45) is -4.72. The van der Waals surface area contributed by atoms with Crippen LogP contribution in [0.1, 0.15) is 29.8 Å². The van der Waals surface area contributed by atoms with Gasteiger partial charge in [0.1, 0.15) is 5.75 Å². The van der Waals surface area contributed by atoms with Crippen LogP contribution in [0.3, 0.4) is 0 Å². The van der Waals surface area contributed by atoms with Crippen molar-refractivity contribution in [2.45, 2.75) is 37.7 Å². The Labute approximate surface area is 197 Å². The predicted octanol–water partition coefficient (Wildman–Crippen LogP) is 3.57. The fraction of sp³-hybridized carbons (Fsp3) is 0.435. The van der Waals surface area contributed by atoms with Gasteiger partial charge in [0, 0.05) is 51.4 Å². The molecule has 1 aliphatic rings. The molecule has 34 heavy (non-hydrogen) atoms. The molecule has 0 bridgehead atoms. The van der Waals surface area contributed by atoms with Crippen molar-refractivity contribution in [1.82, 2.24) is 14.1 Å². The summed E-state index contributed by atoms with van der Waals surface area (Å²) in [6.45, 7) is 6.31. The number of carbonyl (C=O) groups excluding carboxylic acids is 1. The largest absolute Gasteiger partial charge is 0.573 e. The molecule has 0 unspecified atom stereocenters. The fourth-order valence-corrected chi connectivity index (χ4v) is 4.93. The topological polar surface area (TPSA) is 70.2 Å². The number of benzene rings is 2. The molecule has 1 saturated heterocycles. The molecule has 1 amide bonds. The summed E-state index contributed by atoms with van der Waals surface area (Å²) in [5, 5.41) is 0. The molecule has 2 aromatic rings. The van der Waals surface area contributed by atoms with Crippen molar-refractivity contribution < 1.29 is 31.1 Å². The molecule has 1 aliphatic heterocycles. The number of sulfonamides is 1. The monoisotopic (exact) mass is 499 g/mol. The Hall–Kier alpha value is -2.63. The van der Waals surface area contributed by atoms with E-state index in [0.29, 0.717) is 38.3 Å². The van der Waals surface area contributed by atoms with E-state index in [1.165, 1.54) is 47.8 Å². The Bertz CT molecular complexity index is 1080. The normalized spacial score (nSPS) is 15.7. The lowest BCUT2D eigenvalue weighted by atomic mass is 10.1. The second-order valence-corrected chi connectivity index (χ2v) is 10.4. The number of amides is 1. The van der Waals surface area contributed by atoms with Gasteiger partial charge in [0.15, 0.2) is 0 Å². The second-order valence-electron chi connectivity index (χ2n) is 8.40. The molecular formula is C23H28F3N3O4S. The first-order valence-electron chi connectivity index (χ1n) is 10.8. The van der Waals surface area contributed by atoms with Crippen LogP contribution in [-0.2, 0) is 16.6 Å². The highest BCUT2D eigenvalue weighted by Gasteiger charge is 2.31. The summed E-state index contributed by atoms with van der Waals surface area (Å²) in [4.78, 5) is 16.8. The van der Waals surface area contributed by atoms with E-state index in [1.54, 1.807) is 30.9 Å². The van der Waals surface area contributed by atoms with Gasteiger partial charge >= 0.3 is 6.36 Å². The highest BCUT2D eigenvalue weighted by Crippen LogP contribution is 2.23. The number of rotatable bonds is 7. The molecule has 186 valence electrons. The van der Waals surface area contributed by atoms with Crippen molar-refractivity contribution >= 4 is 15.9 Å². The van der Waals surface area contributed by atoms with Gasteiger partial charge in [0.2, 0.25) is 10.0 Å². The van der Waals surface area contributed by atoms with Crippen molar-refractivity contribution in [3.8, 4) is 5.75 Å². The highest BCUT2D eigenvalue weighted by molar-refractivity contribution is 7.89. The number of piperazine rings is 1. The van der Waals surface area contributed by atoms with Crippen LogP contribution in [0.25, 0.3) is 0 Å². The summed E-state index contributed by atoms with van der Waals surface area (Å²) >= 11 is 0. The number of halogens is 3. The van der Waals surface area contributed by atoms with Crippen molar-refractivity contribution in [3.63, 3.8) is 0 Å². The molecule has 0 aromatic heterocycles. The summed E-state index contributed by atoms with van der Waals surface area (Å²) in [7, 11) is -2.10. The lowest BCUT2D eigenvalue weighted by Gasteiger charge is -2.34. The Balaban J connectivity index is 1.54. The Morgan fingerprint density at radius 2 is 1.56 bits per heavy atom. The minimum absolute atomic E-state index is 0.136. The Morgan fingerprint density at radius 1 is 1.00 bits per heavy atom. The average Bonchev–Trinajstić information content (AvgIpc) is 2.79. The van der Waals surface area contributed by atoms with E-state index >= 15 is 0 Å². The maximum atomic E-state index is 12.9. The lowest BCUT2D eigenvalue weighted by molar-refractivity contribution is -0.274. The van der Waals surface area contributed by atoms with Crippen LogP contribution < -0.4 is 4.74 Å². The molecule has 7 nitrogen and oxygen atoms in total. The number of hydrogen-bond donors (Lipinski definition) is 0. The zero-order valence-corrected chi connectivity index (χ0v) is 20.1. The van der Waals surface area contributed by atoms with E-state index in [-0.39, 0.29) is 22.6 Å². The lowest BCUT2D eigenvalue weighted by Crippen LogP contribution is -2.48. The quantitative estimate of drug-likeness (QED) is 0.583. The first kappa shape index (κ1) is 26.0. The molecule has 2 aromatic carbocycles. The van der Waals surface area contributed by atoms with Crippen LogP contribution >= 0.6 is 0 Å². The van der Waals surface area contributed by atoms with E-state index in [4.69, 9.17) is 0 Å². The molecule has 0 saturated carbocycles. The van der Waals surface area contributed by atoms with Crippen LogP contribution in [0.15, 0.2) is 53.4 Å². The van der Waals surface area contributed by atoms with Crippen LogP contribution in [0.5, 0.6) is 5.75 Å². The Morgan fingerprint density at radius 3 is 2.06 bits per heavy atom. The number of nitrogens with zero attached hydrogens (tertiary/aromatic N) is 3. The summed E-state index contributed by atoms with van der Waals surface area (Å²) in [5.41, 5.74) is 1.26. The SMILES string of the molecule is CC(C)N(C)S(=O)(=O)c1ccc(C(=O)N2CCN(Cc3ccc(OC(F)(F)F)cc3)CC2)cc1. The molecule has 0 spiro atoms. The highest BCUT2D eigenvalue weighted by atomic mass is 32.2. The number of ether oxygens (including phenoxy) is 1. The van der Waals surface area contributed by atoms with Gasteiger partial charge in [-0.1, -0.05) is 12.1 Å². The van der Waals surface area contributed by atoms with Gasteiger partial charge < -0.3 is 9.64 Å². The minimum atomic E-state index is -4.72. The standard InChI is InChI=1S/C23H28F3N3O4S/c1-17(2)27(3)34(31,32)21-10-6-19(7-11-21)22(30)29-14-12-28(13-15-29)16-18-4-8-20(9-5-18)33-23(24,25)26/h4-11,17H,12-16H2,1-3H3. The zero-order chi connectivity index (χ0) is 25.1. The van der Waals surface area contributed by atoms with Crippen LogP contribution in [0.4, 0.5) is 13.2 Å². The van der Waals surface area contributed by atoms with E-state index in [0.717, 1.165) is 5.56 Å². The molecule has 0 radical (unpaired) electrons. The van der Waals surface area contributed by atoms with Gasteiger partial charge in [0.25, 0.3) is 5.91 Å². The zero-order valence-electron chi connectivity index (χ0n) is 19.2. The smallest absolute Gasteiger partial charge is 0.406 e. The molecule has 0 N–H and O–H groups in total. The van der Waals surface area contributed by atoms with E-state index in [2.05, 4.69) is 9.64 Å². The maximum absolute atomic E-state index is 12.9. The van der Waals surface area contributed by atoms with E-state index < -0.39 is 16.4 Å². The third kappa shape index (κ3) is 6.49. The summed E-state index contributed by atoms with van der Waals surface area (Å²) in [5.74, 6) is -0.434. The van der Waals surface area contributed by atoms with Crippen molar-refractivity contribution in [2.75, 3.05) is 33.2 Å². The summed E-state index contributed by atoms with van der Waals surface area (Å²) in [6, 6.07) is 11.5.